The number of hydrogen-bond acceptors (Lipinski definition) is 7. The SMILES string of the molecule is Cc1ccc2nc(Sc3nc(CN4CCOCC4)nc4sc(C)c(C)c34)[nH]c2c1. The Labute approximate surface area is 177 Å². The van der Waals surface area contributed by atoms with E-state index in [0.29, 0.717) is 0 Å². The minimum Gasteiger partial charge on any atom is -0.379 e. The Morgan fingerprint density at radius 1 is 1.14 bits per heavy atom. The molecule has 0 spiro atoms. The molecule has 4 heterocycles. The number of rotatable bonds is 4. The van der Waals surface area contributed by atoms with Crippen molar-refractivity contribution in [3.63, 3.8) is 0 Å². The van der Waals surface area contributed by atoms with Gasteiger partial charge in [0.25, 0.3) is 0 Å². The third-order valence-corrected chi connectivity index (χ3v) is 7.30. The molecule has 0 aliphatic carbocycles. The summed E-state index contributed by atoms with van der Waals surface area (Å²) < 4.78 is 5.47. The molecular weight excluding hydrogens is 402 g/mol. The lowest BCUT2D eigenvalue weighted by Gasteiger charge is -2.25. The van der Waals surface area contributed by atoms with Crippen LogP contribution in [0.15, 0.2) is 28.4 Å². The van der Waals surface area contributed by atoms with Gasteiger partial charge in [-0.15, -0.1) is 11.3 Å². The maximum absolute atomic E-state index is 5.47. The lowest BCUT2D eigenvalue weighted by Crippen LogP contribution is -2.36. The van der Waals surface area contributed by atoms with Gasteiger partial charge in [-0.2, -0.15) is 0 Å². The van der Waals surface area contributed by atoms with Gasteiger partial charge in [-0.05, 0) is 55.8 Å². The summed E-state index contributed by atoms with van der Waals surface area (Å²) in [6.07, 6.45) is 0. The highest BCUT2D eigenvalue weighted by Crippen LogP contribution is 2.37. The third kappa shape index (κ3) is 3.77. The minimum absolute atomic E-state index is 0.752. The summed E-state index contributed by atoms with van der Waals surface area (Å²) in [4.78, 5) is 22.8. The number of aromatic nitrogens is 4. The van der Waals surface area contributed by atoms with E-state index in [1.165, 1.54) is 16.0 Å². The van der Waals surface area contributed by atoms with Gasteiger partial charge in [0, 0.05) is 23.4 Å². The molecule has 1 fully saturated rings. The van der Waals surface area contributed by atoms with Crippen molar-refractivity contribution >= 4 is 44.3 Å². The second-order valence-corrected chi connectivity index (χ2v) is 9.64. The number of nitrogens with zero attached hydrogens (tertiary/aromatic N) is 4. The van der Waals surface area contributed by atoms with Gasteiger partial charge in [0.1, 0.15) is 15.7 Å². The Kier molecular flexibility index (Phi) is 5.03. The van der Waals surface area contributed by atoms with Crippen LogP contribution in [-0.2, 0) is 11.3 Å². The number of thiophene rings is 1. The molecule has 1 aromatic carbocycles. The van der Waals surface area contributed by atoms with Gasteiger partial charge >= 0.3 is 0 Å². The summed E-state index contributed by atoms with van der Waals surface area (Å²) in [7, 11) is 0. The van der Waals surface area contributed by atoms with Gasteiger partial charge < -0.3 is 9.72 Å². The summed E-state index contributed by atoms with van der Waals surface area (Å²) in [5, 5.41) is 3.00. The Hall–Kier alpha value is -2.00. The third-order valence-electron chi connectivity index (χ3n) is 5.32. The van der Waals surface area contributed by atoms with Crippen molar-refractivity contribution in [1.29, 1.82) is 0 Å². The number of fused-ring (bicyclic) bond motifs is 2. The van der Waals surface area contributed by atoms with Crippen LogP contribution in [0, 0.1) is 20.8 Å². The lowest BCUT2D eigenvalue weighted by atomic mass is 10.2. The number of imidazole rings is 1. The molecule has 5 rings (SSSR count). The standard InChI is InChI=1S/C21H23N5OS2/c1-12-4-5-15-16(10-12)23-21(22-15)29-20-18-13(2)14(3)28-19(18)24-17(25-20)11-26-6-8-27-9-7-26/h4-5,10H,6-9,11H2,1-3H3,(H,22,23). The van der Waals surface area contributed by atoms with E-state index >= 15 is 0 Å². The van der Waals surface area contributed by atoms with Gasteiger partial charge in [-0.25, -0.2) is 15.0 Å². The number of ether oxygens (including phenoxy) is 1. The first kappa shape index (κ1) is 19.0. The molecule has 0 atom stereocenters. The van der Waals surface area contributed by atoms with Gasteiger partial charge in [-0.1, -0.05) is 6.07 Å². The lowest BCUT2D eigenvalue weighted by molar-refractivity contribution is 0.0330. The maximum atomic E-state index is 5.47. The predicted molar refractivity (Wildman–Crippen MR) is 118 cm³/mol. The molecular formula is C21H23N5OS2. The normalized spacial score (nSPS) is 15.6. The molecule has 0 amide bonds. The summed E-state index contributed by atoms with van der Waals surface area (Å²) in [6.45, 7) is 10.6. The number of morpholine rings is 1. The van der Waals surface area contributed by atoms with Crippen molar-refractivity contribution in [1.82, 2.24) is 24.8 Å². The fourth-order valence-electron chi connectivity index (χ4n) is 3.60. The zero-order valence-corrected chi connectivity index (χ0v) is 18.4. The highest BCUT2D eigenvalue weighted by Gasteiger charge is 2.19. The van der Waals surface area contributed by atoms with Crippen LogP contribution in [0.3, 0.4) is 0 Å². The average molecular weight is 426 g/mol. The number of aryl methyl sites for hydroxylation is 3. The molecule has 1 N–H and O–H groups in total. The fourth-order valence-corrected chi connectivity index (χ4v) is 5.70. The summed E-state index contributed by atoms with van der Waals surface area (Å²) >= 11 is 3.35. The van der Waals surface area contributed by atoms with E-state index < -0.39 is 0 Å². The fraction of sp³-hybridized carbons (Fsp3) is 0.381. The van der Waals surface area contributed by atoms with Crippen LogP contribution in [0.5, 0.6) is 0 Å². The van der Waals surface area contributed by atoms with Crippen LogP contribution in [-0.4, -0.2) is 51.1 Å². The highest BCUT2D eigenvalue weighted by molar-refractivity contribution is 7.99. The van der Waals surface area contributed by atoms with Gasteiger partial charge in [0.15, 0.2) is 5.16 Å². The first-order valence-corrected chi connectivity index (χ1v) is 11.4. The molecule has 0 bridgehead atoms. The zero-order valence-electron chi connectivity index (χ0n) is 16.8. The largest absolute Gasteiger partial charge is 0.379 e. The van der Waals surface area contributed by atoms with E-state index in [1.54, 1.807) is 23.1 Å². The quantitative estimate of drug-likeness (QED) is 0.487. The number of benzene rings is 1. The molecule has 1 saturated heterocycles. The van der Waals surface area contributed by atoms with Crippen molar-refractivity contribution < 1.29 is 4.74 Å². The number of aromatic amines is 1. The monoisotopic (exact) mass is 425 g/mol. The summed E-state index contributed by atoms with van der Waals surface area (Å²) in [5.41, 5.74) is 4.52. The van der Waals surface area contributed by atoms with E-state index in [-0.39, 0.29) is 0 Å². The van der Waals surface area contributed by atoms with Crippen molar-refractivity contribution in [2.24, 2.45) is 0 Å². The summed E-state index contributed by atoms with van der Waals surface area (Å²) in [5.74, 6) is 0.870. The van der Waals surface area contributed by atoms with Crippen molar-refractivity contribution in [3.05, 3.63) is 40.0 Å². The molecule has 4 aromatic rings. The van der Waals surface area contributed by atoms with E-state index in [2.05, 4.69) is 48.9 Å². The number of H-pyrrole nitrogens is 1. The molecule has 150 valence electrons. The number of nitrogens with one attached hydrogen (secondary N) is 1. The molecule has 6 nitrogen and oxygen atoms in total. The maximum Gasteiger partial charge on any atom is 0.172 e. The van der Waals surface area contributed by atoms with E-state index in [9.17, 15) is 0 Å². The van der Waals surface area contributed by atoms with Crippen molar-refractivity contribution in [2.45, 2.75) is 37.5 Å². The molecule has 3 aromatic heterocycles. The van der Waals surface area contributed by atoms with Gasteiger partial charge in [0.05, 0.1) is 30.8 Å². The van der Waals surface area contributed by atoms with Crippen molar-refractivity contribution in [3.8, 4) is 0 Å². The molecule has 1 aliphatic heterocycles. The van der Waals surface area contributed by atoms with Crippen LogP contribution in [0.4, 0.5) is 0 Å². The Morgan fingerprint density at radius 2 is 1.97 bits per heavy atom. The second-order valence-electron chi connectivity index (χ2n) is 7.46. The minimum atomic E-state index is 0.752. The van der Waals surface area contributed by atoms with Crippen LogP contribution < -0.4 is 0 Å². The Balaban J connectivity index is 1.54. The predicted octanol–water partition coefficient (Wildman–Crippen LogP) is 4.48. The molecule has 0 unspecified atom stereocenters. The van der Waals surface area contributed by atoms with Crippen LogP contribution in [0.25, 0.3) is 21.3 Å². The first-order chi connectivity index (χ1) is 14.1. The van der Waals surface area contributed by atoms with Gasteiger partial charge in [0.2, 0.25) is 0 Å². The molecule has 8 heteroatoms. The molecule has 29 heavy (non-hydrogen) atoms. The van der Waals surface area contributed by atoms with Crippen LogP contribution in [0.1, 0.15) is 21.8 Å². The molecule has 0 radical (unpaired) electrons. The summed E-state index contributed by atoms with van der Waals surface area (Å²) in [6, 6.07) is 6.28. The molecule has 1 aliphatic rings. The van der Waals surface area contributed by atoms with Gasteiger partial charge in [-0.3, -0.25) is 4.90 Å². The van der Waals surface area contributed by atoms with E-state index in [4.69, 9.17) is 19.7 Å². The van der Waals surface area contributed by atoms with E-state index in [1.807, 2.05) is 0 Å². The Bertz CT molecular complexity index is 1190. The van der Waals surface area contributed by atoms with Crippen molar-refractivity contribution in [2.75, 3.05) is 26.3 Å². The average Bonchev–Trinajstić information content (AvgIpc) is 3.22. The highest BCUT2D eigenvalue weighted by atomic mass is 32.2. The Morgan fingerprint density at radius 3 is 2.79 bits per heavy atom. The van der Waals surface area contributed by atoms with E-state index in [0.717, 1.165) is 70.1 Å². The topological polar surface area (TPSA) is 66.9 Å². The molecule has 0 saturated carbocycles. The van der Waals surface area contributed by atoms with Crippen LogP contribution in [0.2, 0.25) is 0 Å². The zero-order chi connectivity index (χ0) is 20.0. The van der Waals surface area contributed by atoms with Crippen LogP contribution >= 0.6 is 23.1 Å². The smallest absolute Gasteiger partial charge is 0.172 e. The number of hydrogen-bond donors (Lipinski definition) is 1. The first-order valence-electron chi connectivity index (χ1n) is 9.78. The second kappa shape index (κ2) is 7.68.